The Morgan fingerprint density at radius 3 is 2.71 bits per heavy atom. The van der Waals surface area contributed by atoms with Gasteiger partial charge < -0.3 is 9.67 Å². The van der Waals surface area contributed by atoms with Crippen molar-refractivity contribution in [3.8, 4) is 0 Å². The molecule has 0 saturated carbocycles. The number of benzene rings is 1. The van der Waals surface area contributed by atoms with Gasteiger partial charge in [-0.15, -0.1) is 0 Å². The third-order valence-corrected chi connectivity index (χ3v) is 4.62. The molecule has 1 atom stereocenters. The van der Waals surface area contributed by atoms with Crippen molar-refractivity contribution in [2.24, 2.45) is 7.05 Å². The molecule has 1 unspecified atom stereocenters. The summed E-state index contributed by atoms with van der Waals surface area (Å²) in [5.41, 5.74) is 1.25. The predicted octanol–water partition coefficient (Wildman–Crippen LogP) is 1.83. The molecule has 0 radical (unpaired) electrons. The van der Waals surface area contributed by atoms with E-state index in [9.17, 15) is 13.5 Å². The summed E-state index contributed by atoms with van der Waals surface area (Å²) in [4.78, 5) is 0. The van der Waals surface area contributed by atoms with Gasteiger partial charge in [0.05, 0.1) is 5.75 Å². The van der Waals surface area contributed by atoms with E-state index in [1.54, 1.807) is 54.2 Å². The van der Waals surface area contributed by atoms with E-state index < -0.39 is 16.1 Å². The van der Waals surface area contributed by atoms with Crippen LogP contribution in [-0.4, -0.2) is 24.6 Å². The first-order valence-corrected chi connectivity index (χ1v) is 8.41. The molecule has 5 nitrogen and oxygen atoms in total. The van der Waals surface area contributed by atoms with E-state index in [4.69, 9.17) is 11.6 Å². The molecule has 2 rings (SSSR count). The molecular formula is C14H17ClN2O3S. The van der Waals surface area contributed by atoms with E-state index in [1.165, 1.54) is 0 Å². The normalized spacial score (nSPS) is 13.3. The minimum Gasteiger partial charge on any atom is -0.386 e. The Kier molecular flexibility index (Phi) is 5.05. The zero-order valence-electron chi connectivity index (χ0n) is 11.5. The number of aliphatic hydroxyl groups excluding tert-OH is 1. The Bertz CT molecular complexity index is 713. The molecule has 7 heteroatoms. The van der Waals surface area contributed by atoms with Crippen molar-refractivity contribution in [3.63, 3.8) is 0 Å². The highest BCUT2D eigenvalue weighted by Gasteiger charge is 2.16. The number of aryl methyl sites for hydroxylation is 1. The Labute approximate surface area is 129 Å². The fourth-order valence-electron chi connectivity index (χ4n) is 2.03. The number of nitrogens with one attached hydrogen (secondary N) is 1. The van der Waals surface area contributed by atoms with Crippen molar-refractivity contribution in [2.75, 3.05) is 6.54 Å². The number of hydrogen-bond acceptors (Lipinski definition) is 3. The summed E-state index contributed by atoms with van der Waals surface area (Å²) < 4.78 is 28.2. The summed E-state index contributed by atoms with van der Waals surface area (Å²) in [6, 6.07) is 10.2. The topological polar surface area (TPSA) is 71.3 Å². The highest BCUT2D eigenvalue weighted by Crippen LogP contribution is 2.14. The summed E-state index contributed by atoms with van der Waals surface area (Å²) in [5.74, 6) is -0.173. The van der Waals surface area contributed by atoms with Crippen molar-refractivity contribution in [1.29, 1.82) is 0 Å². The van der Waals surface area contributed by atoms with Crippen molar-refractivity contribution < 1.29 is 13.5 Å². The van der Waals surface area contributed by atoms with E-state index >= 15 is 0 Å². The van der Waals surface area contributed by atoms with Gasteiger partial charge in [0.2, 0.25) is 10.0 Å². The predicted molar refractivity (Wildman–Crippen MR) is 82.5 cm³/mol. The summed E-state index contributed by atoms with van der Waals surface area (Å²) in [6.45, 7) is -0.0687. The molecule has 0 fully saturated rings. The quantitative estimate of drug-likeness (QED) is 0.850. The van der Waals surface area contributed by atoms with Crippen LogP contribution in [0.15, 0.2) is 42.6 Å². The SMILES string of the molecule is Cn1cccc1C(O)CNS(=O)(=O)Cc1cccc(Cl)c1. The second kappa shape index (κ2) is 6.62. The van der Waals surface area contributed by atoms with Gasteiger partial charge in [-0.1, -0.05) is 23.7 Å². The number of nitrogens with zero attached hydrogens (tertiary/aromatic N) is 1. The van der Waals surface area contributed by atoms with Gasteiger partial charge in [-0.2, -0.15) is 0 Å². The van der Waals surface area contributed by atoms with Gasteiger partial charge in [-0.3, -0.25) is 0 Å². The number of rotatable bonds is 6. The summed E-state index contributed by atoms with van der Waals surface area (Å²) in [7, 11) is -1.74. The highest BCUT2D eigenvalue weighted by molar-refractivity contribution is 7.88. The second-order valence-electron chi connectivity index (χ2n) is 4.80. The number of sulfonamides is 1. The molecule has 0 spiro atoms. The molecule has 1 heterocycles. The van der Waals surface area contributed by atoms with Gasteiger partial charge in [0.25, 0.3) is 0 Å². The van der Waals surface area contributed by atoms with Gasteiger partial charge in [-0.05, 0) is 29.8 Å². The first kappa shape index (κ1) is 16.0. The molecule has 0 aliphatic carbocycles. The zero-order valence-corrected chi connectivity index (χ0v) is 13.1. The average Bonchev–Trinajstić information content (AvgIpc) is 2.82. The third kappa shape index (κ3) is 4.57. The van der Waals surface area contributed by atoms with Gasteiger partial charge in [0.1, 0.15) is 6.10 Å². The number of aromatic nitrogens is 1. The number of halogens is 1. The lowest BCUT2D eigenvalue weighted by molar-refractivity contribution is 0.173. The van der Waals surface area contributed by atoms with Crippen LogP contribution in [0, 0.1) is 0 Å². The first-order valence-electron chi connectivity index (χ1n) is 6.38. The van der Waals surface area contributed by atoms with Crippen molar-refractivity contribution >= 4 is 21.6 Å². The van der Waals surface area contributed by atoms with Gasteiger partial charge in [0.15, 0.2) is 0 Å². The number of hydrogen-bond donors (Lipinski definition) is 2. The zero-order chi connectivity index (χ0) is 15.5. The standard InChI is InChI=1S/C14H17ClN2O3S/c1-17-7-3-6-13(17)14(18)9-16-21(19,20)10-11-4-2-5-12(15)8-11/h2-8,14,16,18H,9-10H2,1H3. The Hall–Kier alpha value is -1.34. The molecule has 0 aliphatic rings. The van der Waals surface area contributed by atoms with Gasteiger partial charge in [-0.25, -0.2) is 13.1 Å². The van der Waals surface area contributed by atoms with Crippen LogP contribution in [0.25, 0.3) is 0 Å². The van der Waals surface area contributed by atoms with Crippen molar-refractivity contribution in [3.05, 3.63) is 58.9 Å². The Balaban J connectivity index is 1.97. The summed E-state index contributed by atoms with van der Waals surface area (Å²) >= 11 is 5.83. The summed E-state index contributed by atoms with van der Waals surface area (Å²) in [5, 5.41) is 10.5. The third-order valence-electron chi connectivity index (χ3n) is 3.07. The van der Waals surface area contributed by atoms with Crippen LogP contribution in [0.3, 0.4) is 0 Å². The summed E-state index contributed by atoms with van der Waals surface area (Å²) in [6.07, 6.45) is 0.901. The molecular weight excluding hydrogens is 312 g/mol. The van der Waals surface area contributed by atoms with E-state index in [2.05, 4.69) is 4.72 Å². The fourth-order valence-corrected chi connectivity index (χ4v) is 3.37. The Morgan fingerprint density at radius 2 is 2.10 bits per heavy atom. The average molecular weight is 329 g/mol. The maximum atomic E-state index is 12.0. The lowest BCUT2D eigenvalue weighted by atomic mass is 10.2. The van der Waals surface area contributed by atoms with Crippen LogP contribution in [0.2, 0.25) is 5.02 Å². The highest BCUT2D eigenvalue weighted by atomic mass is 35.5. The van der Waals surface area contributed by atoms with E-state index in [0.717, 1.165) is 0 Å². The molecule has 21 heavy (non-hydrogen) atoms. The molecule has 0 bridgehead atoms. The Morgan fingerprint density at radius 1 is 1.33 bits per heavy atom. The van der Waals surface area contributed by atoms with Crippen LogP contribution in [0.5, 0.6) is 0 Å². The molecule has 2 aromatic rings. The maximum absolute atomic E-state index is 12.0. The van der Waals surface area contributed by atoms with E-state index in [1.807, 2.05) is 0 Å². The van der Waals surface area contributed by atoms with Crippen molar-refractivity contribution in [2.45, 2.75) is 11.9 Å². The van der Waals surface area contributed by atoms with Crippen LogP contribution in [0.4, 0.5) is 0 Å². The molecule has 1 aromatic heterocycles. The van der Waals surface area contributed by atoms with Crippen LogP contribution in [0.1, 0.15) is 17.4 Å². The van der Waals surface area contributed by atoms with E-state index in [0.29, 0.717) is 16.3 Å². The van der Waals surface area contributed by atoms with Gasteiger partial charge in [0, 0.05) is 30.5 Å². The van der Waals surface area contributed by atoms with Crippen LogP contribution < -0.4 is 4.72 Å². The fraction of sp³-hybridized carbons (Fsp3) is 0.286. The molecule has 2 N–H and O–H groups in total. The van der Waals surface area contributed by atoms with E-state index in [-0.39, 0.29) is 12.3 Å². The molecule has 0 saturated heterocycles. The monoisotopic (exact) mass is 328 g/mol. The smallest absolute Gasteiger partial charge is 0.215 e. The largest absolute Gasteiger partial charge is 0.386 e. The lowest BCUT2D eigenvalue weighted by Gasteiger charge is -2.13. The van der Waals surface area contributed by atoms with Crippen molar-refractivity contribution in [1.82, 2.24) is 9.29 Å². The number of aliphatic hydroxyl groups is 1. The molecule has 0 amide bonds. The second-order valence-corrected chi connectivity index (χ2v) is 7.04. The first-order chi connectivity index (χ1) is 9.87. The van der Waals surface area contributed by atoms with Gasteiger partial charge >= 0.3 is 0 Å². The van der Waals surface area contributed by atoms with Crippen LogP contribution in [-0.2, 0) is 22.8 Å². The minimum absolute atomic E-state index is 0.0687. The molecule has 1 aromatic carbocycles. The van der Waals surface area contributed by atoms with Crippen LogP contribution >= 0.6 is 11.6 Å². The lowest BCUT2D eigenvalue weighted by Crippen LogP contribution is -2.30. The minimum atomic E-state index is -3.53. The maximum Gasteiger partial charge on any atom is 0.215 e. The molecule has 114 valence electrons. The molecule has 0 aliphatic heterocycles.